The lowest BCUT2D eigenvalue weighted by Crippen LogP contribution is -2.17. The third-order valence-corrected chi connectivity index (χ3v) is 4.32. The Hall–Kier alpha value is -3.12. The van der Waals surface area contributed by atoms with E-state index in [2.05, 4.69) is 29.5 Å². The van der Waals surface area contributed by atoms with Gasteiger partial charge in [-0.2, -0.15) is 5.10 Å². The number of carbonyl (C=O) groups is 1. The fraction of sp³-hybridized carbons (Fsp3) is 0.273. The van der Waals surface area contributed by atoms with Crippen molar-refractivity contribution in [3.63, 3.8) is 0 Å². The lowest BCUT2D eigenvalue weighted by molar-refractivity contribution is 0.154. The second-order valence-corrected chi connectivity index (χ2v) is 6.50. The van der Waals surface area contributed by atoms with Crippen LogP contribution in [0.15, 0.2) is 60.7 Å². The van der Waals surface area contributed by atoms with Gasteiger partial charge in [-0.25, -0.2) is 9.48 Å². The average Bonchev–Trinajstić information content (AvgIpc) is 3.11. The quantitative estimate of drug-likeness (QED) is 0.614. The van der Waals surface area contributed by atoms with Crippen molar-refractivity contribution in [2.75, 3.05) is 11.9 Å². The second kappa shape index (κ2) is 9.71. The van der Waals surface area contributed by atoms with Crippen molar-refractivity contribution in [3.8, 4) is 11.3 Å². The summed E-state index contributed by atoms with van der Waals surface area (Å²) in [4.78, 5) is 12.2. The van der Waals surface area contributed by atoms with E-state index >= 15 is 0 Å². The predicted molar refractivity (Wildman–Crippen MR) is 109 cm³/mol. The zero-order chi connectivity index (χ0) is 19.8. The molecule has 2 N–H and O–H groups in total. The molecule has 0 fully saturated rings. The molecule has 0 atom stereocenters. The third-order valence-electron chi connectivity index (χ3n) is 4.32. The topological polar surface area (TPSA) is 76.4 Å². The van der Waals surface area contributed by atoms with Gasteiger partial charge in [-0.15, -0.1) is 0 Å². The van der Waals surface area contributed by atoms with Gasteiger partial charge in [0.1, 0.15) is 12.4 Å². The lowest BCUT2D eigenvalue weighted by atomic mass is 10.1. The van der Waals surface area contributed by atoms with Gasteiger partial charge in [-0.3, -0.25) is 5.32 Å². The molecule has 1 heterocycles. The molecule has 0 spiro atoms. The predicted octanol–water partition coefficient (Wildman–Crippen LogP) is 4.24. The van der Waals surface area contributed by atoms with Crippen LogP contribution < -0.4 is 5.32 Å². The highest BCUT2D eigenvalue weighted by Gasteiger charge is 2.13. The molecular formula is C22H25N3O3. The van der Waals surface area contributed by atoms with Crippen molar-refractivity contribution in [2.24, 2.45) is 0 Å². The zero-order valence-corrected chi connectivity index (χ0v) is 16.0. The lowest BCUT2D eigenvalue weighted by Gasteiger charge is -2.08. The Morgan fingerprint density at radius 2 is 1.86 bits per heavy atom. The molecule has 6 nitrogen and oxygen atoms in total. The van der Waals surface area contributed by atoms with Crippen LogP contribution in [0.2, 0.25) is 0 Å². The standard InChI is InChI=1S/C22H25N3O3/c1-2-6-17-9-11-19(12-10-17)20-15-21(25(24-20)13-14-26)23-22(27)28-16-18-7-4-3-5-8-18/h3-5,7-12,15,26H,2,6,13-14,16H2,1H3,(H,23,27). The van der Waals surface area contributed by atoms with Crippen molar-refractivity contribution in [1.29, 1.82) is 0 Å². The van der Waals surface area contributed by atoms with E-state index < -0.39 is 6.09 Å². The van der Waals surface area contributed by atoms with E-state index in [9.17, 15) is 9.90 Å². The summed E-state index contributed by atoms with van der Waals surface area (Å²) < 4.78 is 6.84. The van der Waals surface area contributed by atoms with Crippen LogP contribution in [0.3, 0.4) is 0 Å². The van der Waals surface area contributed by atoms with E-state index in [1.165, 1.54) is 5.56 Å². The Kier molecular flexibility index (Phi) is 6.81. The first-order valence-corrected chi connectivity index (χ1v) is 9.45. The van der Waals surface area contributed by atoms with Crippen LogP contribution in [0.1, 0.15) is 24.5 Å². The molecule has 1 amide bonds. The molecule has 146 valence electrons. The minimum Gasteiger partial charge on any atom is -0.444 e. The van der Waals surface area contributed by atoms with E-state index in [0.29, 0.717) is 5.82 Å². The number of anilines is 1. The highest BCUT2D eigenvalue weighted by Crippen LogP contribution is 2.23. The minimum absolute atomic E-state index is 0.0791. The summed E-state index contributed by atoms with van der Waals surface area (Å²) in [6.45, 7) is 2.54. The van der Waals surface area contributed by atoms with Crippen molar-refractivity contribution in [1.82, 2.24) is 9.78 Å². The minimum atomic E-state index is -0.562. The summed E-state index contributed by atoms with van der Waals surface area (Å²) in [5, 5.41) is 16.5. The van der Waals surface area contributed by atoms with Crippen molar-refractivity contribution in [2.45, 2.75) is 32.9 Å². The number of aryl methyl sites for hydroxylation is 1. The van der Waals surface area contributed by atoms with E-state index in [-0.39, 0.29) is 19.8 Å². The Balaban J connectivity index is 1.70. The second-order valence-electron chi connectivity index (χ2n) is 6.50. The summed E-state index contributed by atoms with van der Waals surface area (Å²) in [5.74, 6) is 0.486. The molecular weight excluding hydrogens is 354 g/mol. The zero-order valence-electron chi connectivity index (χ0n) is 16.0. The number of rotatable bonds is 8. The number of aliphatic hydroxyl groups excluding tert-OH is 1. The van der Waals surface area contributed by atoms with Gasteiger partial charge in [0.2, 0.25) is 0 Å². The highest BCUT2D eigenvalue weighted by atomic mass is 16.5. The van der Waals surface area contributed by atoms with Gasteiger partial charge in [0.25, 0.3) is 0 Å². The fourth-order valence-electron chi connectivity index (χ4n) is 2.92. The first kappa shape index (κ1) is 19.6. The summed E-state index contributed by atoms with van der Waals surface area (Å²) in [7, 11) is 0. The van der Waals surface area contributed by atoms with Gasteiger partial charge in [0.15, 0.2) is 0 Å². The van der Waals surface area contributed by atoms with Crippen LogP contribution in [0, 0.1) is 0 Å². The highest BCUT2D eigenvalue weighted by molar-refractivity contribution is 5.84. The normalized spacial score (nSPS) is 10.6. The SMILES string of the molecule is CCCc1ccc(-c2cc(NC(=O)OCc3ccccc3)n(CCO)n2)cc1. The van der Waals surface area contributed by atoms with E-state index in [1.807, 2.05) is 42.5 Å². The molecule has 0 radical (unpaired) electrons. The van der Waals surface area contributed by atoms with Gasteiger partial charge in [-0.1, -0.05) is 67.9 Å². The smallest absolute Gasteiger partial charge is 0.413 e. The number of nitrogens with one attached hydrogen (secondary N) is 1. The number of hydrogen-bond acceptors (Lipinski definition) is 4. The largest absolute Gasteiger partial charge is 0.444 e. The molecule has 0 aliphatic heterocycles. The molecule has 2 aromatic carbocycles. The van der Waals surface area contributed by atoms with Crippen LogP contribution >= 0.6 is 0 Å². The molecule has 28 heavy (non-hydrogen) atoms. The molecule has 0 unspecified atom stereocenters. The summed E-state index contributed by atoms with van der Waals surface area (Å²) >= 11 is 0. The molecule has 0 bridgehead atoms. The summed E-state index contributed by atoms with van der Waals surface area (Å²) in [6, 6.07) is 19.5. The van der Waals surface area contributed by atoms with E-state index in [0.717, 1.165) is 29.7 Å². The van der Waals surface area contributed by atoms with Crippen LogP contribution in [0.5, 0.6) is 0 Å². The summed E-state index contributed by atoms with van der Waals surface area (Å²) in [5.41, 5.74) is 3.88. The Labute approximate surface area is 164 Å². The average molecular weight is 379 g/mol. The van der Waals surface area contributed by atoms with Gasteiger partial charge in [-0.05, 0) is 17.5 Å². The van der Waals surface area contributed by atoms with Crippen LogP contribution in [-0.2, 0) is 24.3 Å². The number of nitrogens with zero attached hydrogens (tertiary/aromatic N) is 2. The Morgan fingerprint density at radius 3 is 2.54 bits per heavy atom. The number of carbonyl (C=O) groups excluding carboxylic acids is 1. The van der Waals surface area contributed by atoms with Crippen molar-refractivity contribution < 1.29 is 14.6 Å². The number of ether oxygens (including phenoxy) is 1. The summed E-state index contributed by atoms with van der Waals surface area (Å²) in [6.07, 6.45) is 1.58. The first-order chi connectivity index (χ1) is 13.7. The van der Waals surface area contributed by atoms with Crippen LogP contribution in [0.25, 0.3) is 11.3 Å². The maximum absolute atomic E-state index is 12.2. The molecule has 0 aliphatic carbocycles. The number of aromatic nitrogens is 2. The number of hydrogen-bond donors (Lipinski definition) is 2. The molecule has 0 saturated heterocycles. The Morgan fingerprint density at radius 1 is 1.11 bits per heavy atom. The van der Waals surface area contributed by atoms with Gasteiger partial charge >= 0.3 is 6.09 Å². The van der Waals surface area contributed by atoms with Gasteiger partial charge < -0.3 is 9.84 Å². The van der Waals surface area contributed by atoms with Gasteiger partial charge in [0, 0.05) is 11.6 Å². The molecule has 0 saturated carbocycles. The first-order valence-electron chi connectivity index (χ1n) is 9.45. The van der Waals surface area contributed by atoms with Crippen molar-refractivity contribution >= 4 is 11.9 Å². The molecule has 3 aromatic rings. The van der Waals surface area contributed by atoms with Crippen LogP contribution in [0.4, 0.5) is 10.6 Å². The van der Waals surface area contributed by atoms with E-state index in [1.54, 1.807) is 10.7 Å². The van der Waals surface area contributed by atoms with Crippen molar-refractivity contribution in [3.05, 3.63) is 71.8 Å². The molecule has 0 aliphatic rings. The fourth-order valence-corrected chi connectivity index (χ4v) is 2.92. The monoisotopic (exact) mass is 379 g/mol. The maximum atomic E-state index is 12.2. The maximum Gasteiger partial charge on any atom is 0.413 e. The van der Waals surface area contributed by atoms with E-state index in [4.69, 9.17) is 4.74 Å². The number of aliphatic hydroxyl groups is 1. The van der Waals surface area contributed by atoms with Gasteiger partial charge in [0.05, 0.1) is 18.8 Å². The molecule has 1 aromatic heterocycles. The number of benzene rings is 2. The van der Waals surface area contributed by atoms with Crippen LogP contribution in [-0.4, -0.2) is 27.6 Å². The third kappa shape index (κ3) is 5.20. The molecule has 3 rings (SSSR count). The Bertz CT molecular complexity index is 889. The molecule has 6 heteroatoms. The number of amides is 1.